The third-order valence-corrected chi connectivity index (χ3v) is 3.72. The van der Waals surface area contributed by atoms with Crippen LogP contribution in [0.1, 0.15) is 23.0 Å². The second-order valence-corrected chi connectivity index (χ2v) is 5.28. The van der Waals surface area contributed by atoms with E-state index in [1.165, 1.54) is 11.3 Å². The lowest BCUT2D eigenvalue weighted by molar-refractivity contribution is 0.0520. The van der Waals surface area contributed by atoms with Crippen LogP contribution in [0, 0.1) is 0 Å². The van der Waals surface area contributed by atoms with Crippen molar-refractivity contribution in [2.45, 2.75) is 6.92 Å². The Labute approximate surface area is 130 Å². The van der Waals surface area contributed by atoms with Gasteiger partial charge in [0.05, 0.1) is 12.8 Å². The number of benzene rings is 1. The molecule has 0 aliphatic heterocycles. The van der Waals surface area contributed by atoms with E-state index in [0.29, 0.717) is 11.7 Å². The molecule has 2 N–H and O–H groups in total. The molecule has 22 heavy (non-hydrogen) atoms. The quantitative estimate of drug-likeness (QED) is 0.430. The molecule has 0 bridgehead atoms. The van der Waals surface area contributed by atoms with Crippen LogP contribution in [0.15, 0.2) is 40.9 Å². The molecule has 0 aliphatic rings. The zero-order chi connectivity index (χ0) is 15.4. The molecule has 7 heteroatoms. The first kappa shape index (κ1) is 14.3. The van der Waals surface area contributed by atoms with Crippen molar-refractivity contribution in [2.24, 2.45) is 5.10 Å². The first-order chi connectivity index (χ1) is 10.8. The summed E-state index contributed by atoms with van der Waals surface area (Å²) >= 11 is 1.30. The number of hydrazone groups is 1. The van der Waals surface area contributed by atoms with Gasteiger partial charge in [-0.25, -0.2) is 9.78 Å². The Morgan fingerprint density at radius 2 is 2.36 bits per heavy atom. The molecule has 2 heterocycles. The Balaban J connectivity index is 1.68. The molecule has 0 spiro atoms. The topological polar surface area (TPSA) is 79.4 Å². The second kappa shape index (κ2) is 6.40. The Morgan fingerprint density at radius 3 is 3.23 bits per heavy atom. The fourth-order valence-corrected chi connectivity index (χ4v) is 2.61. The average molecular weight is 314 g/mol. The lowest BCUT2D eigenvalue weighted by Gasteiger charge is -1.96. The van der Waals surface area contributed by atoms with Gasteiger partial charge in [-0.1, -0.05) is 18.2 Å². The monoisotopic (exact) mass is 314 g/mol. The summed E-state index contributed by atoms with van der Waals surface area (Å²) in [6.45, 7) is 2.09. The maximum atomic E-state index is 11.5. The van der Waals surface area contributed by atoms with Gasteiger partial charge in [0.1, 0.15) is 0 Å². The summed E-state index contributed by atoms with van der Waals surface area (Å²) in [5.74, 6) is -0.424. The molecular weight excluding hydrogens is 300 g/mol. The molecule has 3 aromatic rings. The van der Waals surface area contributed by atoms with Crippen LogP contribution in [0.25, 0.3) is 10.9 Å². The van der Waals surface area contributed by atoms with Crippen molar-refractivity contribution in [3.63, 3.8) is 0 Å². The number of carbonyl (C=O) groups excluding carboxylic acids is 1. The number of aromatic amines is 1. The van der Waals surface area contributed by atoms with Gasteiger partial charge < -0.3 is 9.72 Å². The van der Waals surface area contributed by atoms with Crippen LogP contribution in [-0.4, -0.2) is 28.8 Å². The molecule has 0 fully saturated rings. The van der Waals surface area contributed by atoms with Crippen LogP contribution < -0.4 is 5.43 Å². The zero-order valence-corrected chi connectivity index (χ0v) is 12.7. The number of nitrogens with one attached hydrogen (secondary N) is 2. The number of thiazole rings is 1. The maximum absolute atomic E-state index is 11.5. The van der Waals surface area contributed by atoms with Crippen molar-refractivity contribution in [1.29, 1.82) is 0 Å². The molecule has 2 aromatic heterocycles. The number of H-pyrrole nitrogens is 1. The first-order valence-electron chi connectivity index (χ1n) is 6.75. The van der Waals surface area contributed by atoms with E-state index < -0.39 is 5.97 Å². The van der Waals surface area contributed by atoms with Gasteiger partial charge in [0.15, 0.2) is 5.69 Å². The molecule has 0 saturated heterocycles. The smallest absolute Gasteiger partial charge is 0.357 e. The number of hydrogen-bond donors (Lipinski definition) is 2. The van der Waals surface area contributed by atoms with Gasteiger partial charge in [-0.3, -0.25) is 5.43 Å². The molecule has 0 radical (unpaired) electrons. The predicted molar refractivity (Wildman–Crippen MR) is 87.6 cm³/mol. The molecule has 0 unspecified atom stereocenters. The number of para-hydroxylation sites is 1. The highest BCUT2D eigenvalue weighted by Crippen LogP contribution is 2.17. The summed E-state index contributed by atoms with van der Waals surface area (Å²) in [4.78, 5) is 18.8. The van der Waals surface area contributed by atoms with Gasteiger partial charge in [0.2, 0.25) is 5.13 Å². The first-order valence-corrected chi connectivity index (χ1v) is 7.63. The summed E-state index contributed by atoms with van der Waals surface area (Å²) in [6.07, 6.45) is 3.60. The van der Waals surface area contributed by atoms with Crippen LogP contribution in [0.2, 0.25) is 0 Å². The third-order valence-electron chi connectivity index (χ3n) is 2.97. The number of carbonyl (C=O) groups is 1. The van der Waals surface area contributed by atoms with E-state index in [-0.39, 0.29) is 5.69 Å². The average Bonchev–Trinajstić information content (AvgIpc) is 3.15. The molecule has 0 aliphatic carbocycles. The normalized spacial score (nSPS) is 11.1. The minimum absolute atomic E-state index is 0.289. The van der Waals surface area contributed by atoms with E-state index in [1.54, 1.807) is 18.5 Å². The van der Waals surface area contributed by atoms with Crippen molar-refractivity contribution in [3.05, 3.63) is 47.1 Å². The standard InChI is InChI=1S/C15H14N4O2S/c1-2-21-14(20)13-9-22-15(18-13)19-17-8-10-7-16-12-6-4-3-5-11(10)12/h3-9,16H,2H2,1H3,(H,18,19)/b17-8+. The van der Waals surface area contributed by atoms with Crippen molar-refractivity contribution in [1.82, 2.24) is 9.97 Å². The molecule has 0 amide bonds. The van der Waals surface area contributed by atoms with E-state index in [0.717, 1.165) is 16.5 Å². The summed E-state index contributed by atoms with van der Waals surface area (Å²) in [5, 5.41) is 7.43. The van der Waals surface area contributed by atoms with Gasteiger partial charge in [-0.05, 0) is 13.0 Å². The van der Waals surface area contributed by atoms with Gasteiger partial charge in [-0.2, -0.15) is 5.10 Å². The number of rotatable bonds is 5. The third kappa shape index (κ3) is 2.99. The Kier molecular flexibility index (Phi) is 4.15. The second-order valence-electron chi connectivity index (χ2n) is 4.42. The van der Waals surface area contributed by atoms with Gasteiger partial charge >= 0.3 is 5.97 Å². The number of esters is 1. The van der Waals surface area contributed by atoms with Crippen LogP contribution in [0.5, 0.6) is 0 Å². The van der Waals surface area contributed by atoms with E-state index in [4.69, 9.17) is 4.74 Å². The molecule has 112 valence electrons. The SMILES string of the molecule is CCOC(=O)c1csc(N/N=C/c2c[nH]c3ccccc23)n1. The van der Waals surface area contributed by atoms with E-state index in [1.807, 2.05) is 30.5 Å². The number of hydrogen-bond acceptors (Lipinski definition) is 6. The number of anilines is 1. The molecular formula is C15H14N4O2S. The molecule has 1 aromatic carbocycles. The Hall–Kier alpha value is -2.67. The minimum atomic E-state index is -0.424. The fraction of sp³-hybridized carbons (Fsp3) is 0.133. The summed E-state index contributed by atoms with van der Waals surface area (Å²) in [5.41, 5.74) is 5.14. The largest absolute Gasteiger partial charge is 0.461 e. The van der Waals surface area contributed by atoms with Gasteiger partial charge in [0.25, 0.3) is 0 Å². The van der Waals surface area contributed by atoms with Crippen molar-refractivity contribution >= 4 is 39.6 Å². The minimum Gasteiger partial charge on any atom is -0.461 e. The Bertz CT molecular complexity index is 822. The van der Waals surface area contributed by atoms with Gasteiger partial charge in [-0.15, -0.1) is 11.3 Å². The number of aromatic nitrogens is 2. The molecule has 0 saturated carbocycles. The summed E-state index contributed by atoms with van der Waals surface area (Å²) < 4.78 is 4.89. The zero-order valence-electron chi connectivity index (χ0n) is 11.9. The van der Waals surface area contributed by atoms with E-state index >= 15 is 0 Å². The van der Waals surface area contributed by atoms with Crippen molar-refractivity contribution in [3.8, 4) is 0 Å². The predicted octanol–water partition coefficient (Wildman–Crippen LogP) is 3.25. The highest BCUT2D eigenvalue weighted by Gasteiger charge is 2.10. The van der Waals surface area contributed by atoms with Crippen LogP contribution >= 0.6 is 11.3 Å². The summed E-state index contributed by atoms with van der Waals surface area (Å²) in [7, 11) is 0. The van der Waals surface area contributed by atoms with Crippen molar-refractivity contribution < 1.29 is 9.53 Å². The number of fused-ring (bicyclic) bond motifs is 1. The summed E-state index contributed by atoms with van der Waals surface area (Å²) in [6, 6.07) is 7.99. The van der Waals surface area contributed by atoms with Gasteiger partial charge in [0, 0.05) is 28.0 Å². The van der Waals surface area contributed by atoms with Crippen LogP contribution in [0.4, 0.5) is 5.13 Å². The van der Waals surface area contributed by atoms with E-state index in [2.05, 4.69) is 20.5 Å². The van der Waals surface area contributed by atoms with Crippen LogP contribution in [0.3, 0.4) is 0 Å². The Morgan fingerprint density at radius 1 is 1.50 bits per heavy atom. The molecule has 0 atom stereocenters. The molecule has 3 rings (SSSR count). The lowest BCUT2D eigenvalue weighted by atomic mass is 10.2. The maximum Gasteiger partial charge on any atom is 0.357 e. The molecule has 6 nitrogen and oxygen atoms in total. The van der Waals surface area contributed by atoms with Crippen LogP contribution in [-0.2, 0) is 4.74 Å². The van der Waals surface area contributed by atoms with Crippen molar-refractivity contribution in [2.75, 3.05) is 12.0 Å². The fourth-order valence-electron chi connectivity index (χ4n) is 1.98. The highest BCUT2D eigenvalue weighted by atomic mass is 32.1. The lowest BCUT2D eigenvalue weighted by Crippen LogP contribution is -2.04. The van der Waals surface area contributed by atoms with E-state index in [9.17, 15) is 4.79 Å². The highest BCUT2D eigenvalue weighted by molar-refractivity contribution is 7.13. The number of nitrogens with zero attached hydrogens (tertiary/aromatic N) is 2. The number of ether oxygens (including phenoxy) is 1.